The van der Waals surface area contributed by atoms with Crippen LogP contribution in [-0.2, 0) is 10.2 Å². The Bertz CT molecular complexity index is 620. The van der Waals surface area contributed by atoms with Gasteiger partial charge in [0.15, 0.2) is 0 Å². The molecule has 1 atom stereocenters. The van der Waals surface area contributed by atoms with E-state index in [-0.39, 0.29) is 6.10 Å². The summed E-state index contributed by atoms with van der Waals surface area (Å²) in [6.45, 7) is 2.18. The number of hydrogen-bond acceptors (Lipinski definition) is 4. The van der Waals surface area contributed by atoms with Crippen LogP contribution in [0.25, 0.3) is 0 Å². The van der Waals surface area contributed by atoms with Gasteiger partial charge in [0, 0.05) is 38.1 Å². The summed E-state index contributed by atoms with van der Waals surface area (Å²) in [5, 5.41) is 0.446. The second-order valence-corrected chi connectivity index (χ2v) is 8.00. The molecule has 0 spiro atoms. The number of ether oxygens (including phenoxy) is 1. The number of nitrogens with zero attached hydrogens (tertiary/aromatic N) is 3. The summed E-state index contributed by atoms with van der Waals surface area (Å²) in [4.78, 5) is 3.92. The molecular formula is C14H20ClN3O3S. The third kappa shape index (κ3) is 3.37. The highest BCUT2D eigenvalue weighted by Gasteiger charge is 2.35. The zero-order valence-corrected chi connectivity index (χ0v) is 13.9. The summed E-state index contributed by atoms with van der Waals surface area (Å²) in [6.07, 6.45) is 6.47. The SMILES string of the molecule is O=S(=O)(N1CCCC1)N1CCCC(Oc2ccncc2Cl)C1. The number of aromatic nitrogens is 1. The number of rotatable bonds is 4. The molecule has 2 aliphatic rings. The fourth-order valence-corrected chi connectivity index (χ4v) is 4.86. The Kier molecular flexibility index (Phi) is 4.87. The standard InChI is InChI=1S/C14H20ClN3O3S/c15-13-10-16-6-5-14(13)21-12-4-3-9-18(11-12)22(19,20)17-7-1-2-8-17/h5-6,10,12H,1-4,7-9,11H2. The molecule has 2 fully saturated rings. The van der Waals surface area contributed by atoms with Crippen molar-refractivity contribution in [2.75, 3.05) is 26.2 Å². The van der Waals surface area contributed by atoms with E-state index in [0.717, 1.165) is 25.7 Å². The fourth-order valence-electron chi connectivity index (χ4n) is 2.93. The Labute approximate surface area is 136 Å². The zero-order chi connectivity index (χ0) is 15.6. The van der Waals surface area contributed by atoms with Crippen LogP contribution < -0.4 is 4.74 Å². The summed E-state index contributed by atoms with van der Waals surface area (Å²) in [7, 11) is -3.36. The molecule has 2 aliphatic heterocycles. The Hall–Kier alpha value is -0.890. The minimum atomic E-state index is -3.36. The van der Waals surface area contributed by atoms with Crippen LogP contribution in [-0.4, -0.2) is 54.3 Å². The maximum Gasteiger partial charge on any atom is 0.282 e. The van der Waals surface area contributed by atoms with Gasteiger partial charge in [-0.2, -0.15) is 17.0 Å². The van der Waals surface area contributed by atoms with E-state index in [1.54, 1.807) is 20.9 Å². The Morgan fingerprint density at radius 1 is 1.18 bits per heavy atom. The van der Waals surface area contributed by atoms with E-state index in [0.29, 0.717) is 37.0 Å². The van der Waals surface area contributed by atoms with E-state index < -0.39 is 10.2 Å². The van der Waals surface area contributed by atoms with Crippen molar-refractivity contribution in [3.8, 4) is 5.75 Å². The van der Waals surface area contributed by atoms with Gasteiger partial charge in [-0.05, 0) is 25.7 Å². The van der Waals surface area contributed by atoms with Crippen LogP contribution in [0.5, 0.6) is 5.75 Å². The van der Waals surface area contributed by atoms with Crippen LogP contribution in [0.15, 0.2) is 18.5 Å². The maximum atomic E-state index is 12.6. The highest BCUT2D eigenvalue weighted by molar-refractivity contribution is 7.86. The first-order valence-electron chi connectivity index (χ1n) is 7.59. The van der Waals surface area contributed by atoms with Gasteiger partial charge in [0.05, 0.1) is 6.54 Å². The van der Waals surface area contributed by atoms with Crippen molar-refractivity contribution in [3.63, 3.8) is 0 Å². The fraction of sp³-hybridized carbons (Fsp3) is 0.643. The first-order valence-corrected chi connectivity index (χ1v) is 9.36. The van der Waals surface area contributed by atoms with Crippen molar-refractivity contribution in [3.05, 3.63) is 23.5 Å². The molecule has 3 heterocycles. The molecule has 1 unspecified atom stereocenters. The lowest BCUT2D eigenvalue weighted by Crippen LogP contribution is -2.49. The first-order chi connectivity index (χ1) is 10.6. The molecule has 8 heteroatoms. The summed E-state index contributed by atoms with van der Waals surface area (Å²) < 4.78 is 34.2. The van der Waals surface area contributed by atoms with E-state index in [4.69, 9.17) is 16.3 Å². The number of hydrogen-bond donors (Lipinski definition) is 0. The molecule has 1 aromatic heterocycles. The highest BCUT2D eigenvalue weighted by atomic mass is 35.5. The first kappa shape index (κ1) is 16.0. The molecule has 0 N–H and O–H groups in total. The Balaban J connectivity index is 1.68. The van der Waals surface area contributed by atoms with E-state index in [1.807, 2.05) is 0 Å². The van der Waals surface area contributed by atoms with Crippen molar-refractivity contribution in [2.45, 2.75) is 31.8 Å². The van der Waals surface area contributed by atoms with E-state index in [1.165, 1.54) is 6.20 Å². The van der Waals surface area contributed by atoms with Gasteiger partial charge in [-0.25, -0.2) is 0 Å². The van der Waals surface area contributed by atoms with Crippen LogP contribution in [0.1, 0.15) is 25.7 Å². The lowest BCUT2D eigenvalue weighted by Gasteiger charge is -2.34. The second-order valence-electron chi connectivity index (χ2n) is 5.66. The average Bonchev–Trinajstić information content (AvgIpc) is 3.05. The summed E-state index contributed by atoms with van der Waals surface area (Å²) in [5.74, 6) is 0.557. The monoisotopic (exact) mass is 345 g/mol. The van der Waals surface area contributed by atoms with Crippen molar-refractivity contribution in [1.82, 2.24) is 13.6 Å². The normalized spacial score (nSPS) is 24.5. The Morgan fingerprint density at radius 3 is 2.64 bits per heavy atom. The number of pyridine rings is 1. The maximum absolute atomic E-state index is 12.6. The minimum absolute atomic E-state index is 0.175. The van der Waals surface area contributed by atoms with Crippen LogP contribution in [0.4, 0.5) is 0 Å². The van der Waals surface area contributed by atoms with Crippen molar-refractivity contribution < 1.29 is 13.2 Å². The number of halogens is 1. The summed E-state index contributed by atoms with van der Waals surface area (Å²) in [5.41, 5.74) is 0. The van der Waals surface area contributed by atoms with Gasteiger partial charge in [-0.1, -0.05) is 11.6 Å². The molecular weight excluding hydrogens is 326 g/mol. The third-order valence-electron chi connectivity index (χ3n) is 4.09. The molecule has 6 nitrogen and oxygen atoms in total. The molecule has 1 aromatic rings. The minimum Gasteiger partial charge on any atom is -0.487 e. The predicted octanol–water partition coefficient (Wildman–Crippen LogP) is 1.92. The molecule has 22 heavy (non-hydrogen) atoms. The quantitative estimate of drug-likeness (QED) is 0.836. The van der Waals surface area contributed by atoms with Crippen LogP contribution in [0.2, 0.25) is 5.02 Å². The van der Waals surface area contributed by atoms with E-state index in [9.17, 15) is 8.42 Å². The van der Waals surface area contributed by atoms with Gasteiger partial charge in [0.25, 0.3) is 10.2 Å². The Morgan fingerprint density at radius 2 is 1.91 bits per heavy atom. The van der Waals surface area contributed by atoms with Crippen LogP contribution >= 0.6 is 11.6 Å². The van der Waals surface area contributed by atoms with Gasteiger partial charge in [0.2, 0.25) is 0 Å². The summed E-state index contributed by atoms with van der Waals surface area (Å²) >= 11 is 6.05. The molecule has 0 amide bonds. The zero-order valence-electron chi connectivity index (χ0n) is 12.3. The number of piperidine rings is 1. The molecule has 0 radical (unpaired) electrons. The van der Waals surface area contributed by atoms with Gasteiger partial charge >= 0.3 is 0 Å². The van der Waals surface area contributed by atoms with Gasteiger partial charge in [-0.15, -0.1) is 0 Å². The van der Waals surface area contributed by atoms with E-state index in [2.05, 4.69) is 4.98 Å². The average molecular weight is 346 g/mol. The highest BCUT2D eigenvalue weighted by Crippen LogP contribution is 2.27. The largest absolute Gasteiger partial charge is 0.487 e. The third-order valence-corrected chi connectivity index (χ3v) is 6.37. The van der Waals surface area contributed by atoms with Gasteiger partial charge < -0.3 is 4.74 Å². The molecule has 122 valence electrons. The van der Waals surface area contributed by atoms with Crippen molar-refractivity contribution >= 4 is 21.8 Å². The second kappa shape index (κ2) is 6.70. The van der Waals surface area contributed by atoms with Crippen molar-refractivity contribution in [1.29, 1.82) is 0 Å². The molecule has 3 rings (SSSR count). The molecule has 2 saturated heterocycles. The predicted molar refractivity (Wildman–Crippen MR) is 84.2 cm³/mol. The lowest BCUT2D eigenvalue weighted by atomic mass is 10.1. The smallest absolute Gasteiger partial charge is 0.282 e. The molecule has 0 bridgehead atoms. The van der Waals surface area contributed by atoms with Crippen LogP contribution in [0.3, 0.4) is 0 Å². The molecule has 0 aliphatic carbocycles. The molecule has 0 saturated carbocycles. The molecule has 0 aromatic carbocycles. The van der Waals surface area contributed by atoms with Gasteiger partial charge in [-0.3, -0.25) is 4.98 Å². The topological polar surface area (TPSA) is 62.7 Å². The lowest BCUT2D eigenvalue weighted by molar-refractivity contribution is 0.126. The van der Waals surface area contributed by atoms with Gasteiger partial charge in [0.1, 0.15) is 16.9 Å². The van der Waals surface area contributed by atoms with Crippen LogP contribution in [0, 0.1) is 0 Å². The van der Waals surface area contributed by atoms with Crippen molar-refractivity contribution in [2.24, 2.45) is 0 Å². The summed E-state index contributed by atoms with van der Waals surface area (Å²) in [6, 6.07) is 1.70. The van der Waals surface area contributed by atoms with E-state index >= 15 is 0 Å².